The smallest absolute Gasteiger partial charge is 0.118 e. The standard InChI is InChI=1S/C17H33FN2O/c1-16(2,3)15-13(11-19-7-9-21-10-8-19)14(18)12-20(15)17(4,5)6/h13-15H,7-12H2,1-6H3/t13?,14-,15-/m0/s1. The Hall–Kier alpha value is -0.190. The van der Waals surface area contributed by atoms with Crippen molar-refractivity contribution in [3.05, 3.63) is 0 Å². The fourth-order valence-electron chi connectivity index (χ4n) is 3.96. The summed E-state index contributed by atoms with van der Waals surface area (Å²) < 4.78 is 20.2. The molecular formula is C17H33FN2O. The lowest BCUT2D eigenvalue weighted by atomic mass is 9.77. The molecule has 124 valence electrons. The fraction of sp³-hybridized carbons (Fsp3) is 1.00. The van der Waals surface area contributed by atoms with E-state index in [0.717, 1.165) is 32.8 Å². The molecule has 0 aromatic rings. The van der Waals surface area contributed by atoms with Gasteiger partial charge in [-0.15, -0.1) is 0 Å². The Balaban J connectivity index is 2.16. The minimum atomic E-state index is -0.726. The van der Waals surface area contributed by atoms with Crippen LogP contribution in [0.25, 0.3) is 0 Å². The summed E-state index contributed by atoms with van der Waals surface area (Å²) in [5.74, 6) is 0.0994. The monoisotopic (exact) mass is 300 g/mol. The first kappa shape index (κ1) is 17.2. The molecule has 4 heteroatoms. The van der Waals surface area contributed by atoms with Gasteiger partial charge < -0.3 is 4.74 Å². The summed E-state index contributed by atoms with van der Waals surface area (Å²) in [6.45, 7) is 18.2. The van der Waals surface area contributed by atoms with E-state index in [4.69, 9.17) is 4.74 Å². The molecule has 0 aromatic heterocycles. The van der Waals surface area contributed by atoms with Crippen LogP contribution in [0.3, 0.4) is 0 Å². The lowest BCUT2D eigenvalue weighted by Gasteiger charge is -2.45. The van der Waals surface area contributed by atoms with Gasteiger partial charge in [0.15, 0.2) is 0 Å². The van der Waals surface area contributed by atoms with E-state index in [9.17, 15) is 4.39 Å². The Bertz CT molecular complexity index is 342. The number of hydrogen-bond acceptors (Lipinski definition) is 3. The quantitative estimate of drug-likeness (QED) is 0.780. The van der Waals surface area contributed by atoms with E-state index in [1.54, 1.807) is 0 Å². The molecule has 1 unspecified atom stereocenters. The molecule has 3 nitrogen and oxygen atoms in total. The van der Waals surface area contributed by atoms with Crippen LogP contribution in [-0.2, 0) is 4.74 Å². The molecule has 2 fully saturated rings. The number of ether oxygens (including phenoxy) is 1. The average Bonchev–Trinajstić information content (AvgIpc) is 2.68. The van der Waals surface area contributed by atoms with E-state index < -0.39 is 6.17 Å². The van der Waals surface area contributed by atoms with Crippen LogP contribution in [0.4, 0.5) is 4.39 Å². The van der Waals surface area contributed by atoms with Crippen LogP contribution in [0.1, 0.15) is 41.5 Å². The van der Waals surface area contributed by atoms with E-state index >= 15 is 0 Å². The Morgan fingerprint density at radius 1 is 1.05 bits per heavy atom. The second-order valence-electron chi connectivity index (χ2n) is 8.73. The SMILES string of the molecule is CC(C)(C)[C@@H]1C(CN2CCOCC2)[C@@H](F)CN1C(C)(C)C. The largest absolute Gasteiger partial charge is 0.379 e. The van der Waals surface area contributed by atoms with Crippen LogP contribution in [0.2, 0.25) is 0 Å². The Morgan fingerprint density at radius 2 is 1.62 bits per heavy atom. The Labute approximate surface area is 129 Å². The predicted octanol–water partition coefficient (Wildman–Crippen LogP) is 2.80. The summed E-state index contributed by atoms with van der Waals surface area (Å²) in [7, 11) is 0. The summed E-state index contributed by atoms with van der Waals surface area (Å²) in [4.78, 5) is 4.77. The molecule has 2 rings (SSSR count). The van der Waals surface area contributed by atoms with Crippen LogP contribution < -0.4 is 0 Å². The van der Waals surface area contributed by atoms with Gasteiger partial charge in [-0.2, -0.15) is 0 Å². The summed E-state index contributed by atoms with van der Waals surface area (Å²) >= 11 is 0. The highest BCUT2D eigenvalue weighted by atomic mass is 19.1. The molecule has 0 aliphatic carbocycles. The first-order valence-electron chi connectivity index (χ1n) is 8.31. The fourth-order valence-corrected chi connectivity index (χ4v) is 3.96. The van der Waals surface area contributed by atoms with Crippen LogP contribution in [0.15, 0.2) is 0 Å². The third kappa shape index (κ3) is 3.96. The van der Waals surface area contributed by atoms with E-state index in [1.165, 1.54) is 0 Å². The van der Waals surface area contributed by atoms with Gasteiger partial charge in [0.1, 0.15) is 6.17 Å². The third-order valence-electron chi connectivity index (χ3n) is 4.90. The molecule has 0 spiro atoms. The van der Waals surface area contributed by atoms with Crippen LogP contribution in [-0.4, -0.2) is 66.9 Å². The van der Waals surface area contributed by atoms with Crippen molar-refractivity contribution in [2.24, 2.45) is 11.3 Å². The molecule has 2 aliphatic heterocycles. The molecular weight excluding hydrogens is 267 g/mol. The minimum absolute atomic E-state index is 0.0159. The maximum atomic E-state index is 14.8. The van der Waals surface area contributed by atoms with E-state index in [1.807, 2.05) is 0 Å². The third-order valence-corrected chi connectivity index (χ3v) is 4.90. The molecule has 0 amide bonds. The van der Waals surface area contributed by atoms with Gasteiger partial charge in [0.05, 0.1) is 13.2 Å². The summed E-state index contributed by atoms with van der Waals surface area (Å²) in [5.41, 5.74) is 0.104. The van der Waals surface area contributed by atoms with Gasteiger partial charge in [0, 0.05) is 43.7 Å². The highest BCUT2D eigenvalue weighted by Crippen LogP contribution is 2.42. The van der Waals surface area contributed by atoms with Crippen molar-refractivity contribution in [2.75, 3.05) is 39.4 Å². The van der Waals surface area contributed by atoms with Crippen molar-refractivity contribution >= 4 is 0 Å². The van der Waals surface area contributed by atoms with E-state index in [0.29, 0.717) is 6.54 Å². The van der Waals surface area contributed by atoms with Gasteiger partial charge in [0.25, 0.3) is 0 Å². The van der Waals surface area contributed by atoms with Crippen molar-refractivity contribution < 1.29 is 9.13 Å². The van der Waals surface area contributed by atoms with Gasteiger partial charge >= 0.3 is 0 Å². The number of alkyl halides is 1. The molecule has 0 saturated carbocycles. The second-order valence-corrected chi connectivity index (χ2v) is 8.73. The van der Waals surface area contributed by atoms with Crippen molar-refractivity contribution in [3.8, 4) is 0 Å². The highest BCUT2D eigenvalue weighted by molar-refractivity contribution is 5.03. The van der Waals surface area contributed by atoms with Crippen LogP contribution in [0.5, 0.6) is 0 Å². The normalized spacial score (nSPS) is 33.6. The summed E-state index contributed by atoms with van der Waals surface area (Å²) in [6.07, 6.45) is -0.726. The zero-order valence-corrected chi connectivity index (χ0v) is 14.7. The van der Waals surface area contributed by atoms with Gasteiger partial charge in [-0.25, -0.2) is 4.39 Å². The molecule has 0 bridgehead atoms. The second kappa shape index (κ2) is 6.13. The zero-order valence-electron chi connectivity index (χ0n) is 14.7. The maximum absolute atomic E-state index is 14.8. The van der Waals surface area contributed by atoms with E-state index in [-0.39, 0.29) is 22.9 Å². The lowest BCUT2D eigenvalue weighted by molar-refractivity contribution is 0.00256. The highest BCUT2D eigenvalue weighted by Gasteiger charge is 2.50. The number of hydrogen-bond donors (Lipinski definition) is 0. The van der Waals surface area contributed by atoms with E-state index in [2.05, 4.69) is 51.3 Å². The summed E-state index contributed by atoms with van der Waals surface area (Å²) in [6, 6.07) is 0.287. The first-order valence-corrected chi connectivity index (χ1v) is 8.31. The van der Waals surface area contributed by atoms with Gasteiger partial charge in [-0.05, 0) is 26.2 Å². The number of morpholine rings is 1. The predicted molar refractivity (Wildman–Crippen MR) is 85.3 cm³/mol. The van der Waals surface area contributed by atoms with Crippen molar-refractivity contribution in [3.63, 3.8) is 0 Å². The number of halogens is 1. The number of likely N-dealkylation sites (tertiary alicyclic amines) is 1. The van der Waals surface area contributed by atoms with Crippen molar-refractivity contribution in [1.82, 2.24) is 9.80 Å². The minimum Gasteiger partial charge on any atom is -0.379 e. The molecule has 0 N–H and O–H groups in total. The zero-order chi connectivity index (χ0) is 15.8. The topological polar surface area (TPSA) is 15.7 Å². The molecule has 2 aliphatic rings. The summed E-state index contributed by atoms with van der Waals surface area (Å²) in [5, 5.41) is 0. The van der Waals surface area contributed by atoms with Gasteiger partial charge in [-0.1, -0.05) is 20.8 Å². The lowest BCUT2D eigenvalue weighted by Crippen LogP contribution is -2.53. The first-order chi connectivity index (χ1) is 9.60. The van der Waals surface area contributed by atoms with Crippen LogP contribution >= 0.6 is 0 Å². The number of rotatable bonds is 2. The average molecular weight is 300 g/mol. The van der Waals surface area contributed by atoms with Crippen LogP contribution in [0, 0.1) is 11.3 Å². The van der Waals surface area contributed by atoms with Crippen molar-refractivity contribution in [2.45, 2.75) is 59.3 Å². The van der Waals surface area contributed by atoms with Gasteiger partial charge in [0.2, 0.25) is 0 Å². The Kier molecular flexibility index (Phi) is 5.01. The van der Waals surface area contributed by atoms with Gasteiger partial charge in [-0.3, -0.25) is 9.80 Å². The molecule has 2 heterocycles. The van der Waals surface area contributed by atoms with Crippen molar-refractivity contribution in [1.29, 1.82) is 0 Å². The molecule has 2 saturated heterocycles. The molecule has 0 radical (unpaired) electrons. The number of nitrogens with zero attached hydrogens (tertiary/aromatic N) is 2. The molecule has 0 aromatic carbocycles. The maximum Gasteiger partial charge on any atom is 0.118 e. The molecule has 3 atom stereocenters. The Morgan fingerprint density at radius 3 is 2.10 bits per heavy atom. The molecule has 21 heavy (non-hydrogen) atoms.